The van der Waals surface area contributed by atoms with E-state index in [1.54, 1.807) is 33.4 Å². The van der Waals surface area contributed by atoms with E-state index in [9.17, 15) is 9.59 Å². The standard InChI is InChI=1S/C25H32N4O4/c1-15-12-18-13-20(32-6)21(33-7)14-19(18)22(28-29(15)24(31)26-5)16-8-10-17(11-9-16)23(30)27-25(2,3)4/h8-11,13-15H,12H2,1-7H3,(H,26,31)(H,27,30)/t15-/m1/s1. The Balaban J connectivity index is 2.12. The Hall–Kier alpha value is -3.55. The first-order valence-corrected chi connectivity index (χ1v) is 10.9. The Bertz CT molecular complexity index is 1070. The summed E-state index contributed by atoms with van der Waals surface area (Å²) in [6, 6.07) is 10.5. The molecule has 0 fully saturated rings. The molecule has 1 atom stereocenters. The largest absolute Gasteiger partial charge is 0.493 e. The molecule has 1 aliphatic heterocycles. The zero-order chi connectivity index (χ0) is 24.3. The molecular weight excluding hydrogens is 420 g/mol. The number of hydrazone groups is 1. The van der Waals surface area contributed by atoms with E-state index in [1.165, 1.54) is 5.01 Å². The number of methoxy groups -OCH3 is 2. The van der Waals surface area contributed by atoms with Crippen molar-refractivity contribution in [3.05, 3.63) is 58.7 Å². The van der Waals surface area contributed by atoms with E-state index in [2.05, 4.69) is 10.6 Å². The molecule has 0 aliphatic carbocycles. The number of carbonyl (C=O) groups excluding carboxylic acids is 2. The third-order valence-electron chi connectivity index (χ3n) is 5.34. The van der Waals surface area contributed by atoms with Gasteiger partial charge >= 0.3 is 6.03 Å². The molecule has 0 bridgehead atoms. The Labute approximate surface area is 195 Å². The van der Waals surface area contributed by atoms with Crippen molar-refractivity contribution in [1.29, 1.82) is 0 Å². The molecule has 2 N–H and O–H groups in total. The number of nitrogens with one attached hydrogen (secondary N) is 2. The van der Waals surface area contributed by atoms with Crippen molar-refractivity contribution in [3.63, 3.8) is 0 Å². The van der Waals surface area contributed by atoms with Crippen LogP contribution in [0.25, 0.3) is 0 Å². The molecule has 176 valence electrons. The fourth-order valence-corrected chi connectivity index (χ4v) is 3.74. The summed E-state index contributed by atoms with van der Waals surface area (Å²) in [7, 11) is 4.76. The maximum Gasteiger partial charge on any atom is 0.337 e. The van der Waals surface area contributed by atoms with Gasteiger partial charge in [0, 0.05) is 29.3 Å². The zero-order valence-corrected chi connectivity index (χ0v) is 20.3. The van der Waals surface area contributed by atoms with Crippen LogP contribution < -0.4 is 20.1 Å². The lowest BCUT2D eigenvalue weighted by Crippen LogP contribution is -2.41. The molecule has 0 unspecified atom stereocenters. The maximum atomic E-state index is 12.6. The van der Waals surface area contributed by atoms with Gasteiger partial charge in [0.15, 0.2) is 11.5 Å². The summed E-state index contributed by atoms with van der Waals surface area (Å²) in [6.45, 7) is 7.76. The third kappa shape index (κ3) is 5.27. The van der Waals surface area contributed by atoms with E-state index in [-0.39, 0.29) is 23.5 Å². The number of rotatable bonds is 4. The summed E-state index contributed by atoms with van der Waals surface area (Å²) in [5.41, 5.74) is 3.44. The Kier molecular flexibility index (Phi) is 6.95. The second kappa shape index (κ2) is 9.52. The fourth-order valence-electron chi connectivity index (χ4n) is 3.74. The molecule has 0 saturated carbocycles. The second-order valence-corrected chi connectivity index (χ2v) is 9.05. The zero-order valence-electron chi connectivity index (χ0n) is 20.3. The molecule has 1 aliphatic rings. The van der Waals surface area contributed by atoms with Gasteiger partial charge in [-0.15, -0.1) is 0 Å². The molecule has 0 aromatic heterocycles. The SMILES string of the molecule is CNC(=O)N1N=C(c2ccc(C(=O)NC(C)(C)C)cc2)c2cc(OC)c(OC)cc2C[C@H]1C. The molecule has 8 heteroatoms. The summed E-state index contributed by atoms with van der Waals surface area (Å²) >= 11 is 0. The quantitative estimate of drug-likeness (QED) is 0.742. The molecule has 8 nitrogen and oxygen atoms in total. The number of carbonyl (C=O) groups is 2. The maximum absolute atomic E-state index is 12.6. The highest BCUT2D eigenvalue weighted by Gasteiger charge is 2.28. The van der Waals surface area contributed by atoms with Crippen molar-refractivity contribution < 1.29 is 19.1 Å². The van der Waals surface area contributed by atoms with Crippen LogP contribution in [-0.4, -0.2) is 55.5 Å². The van der Waals surface area contributed by atoms with Crippen molar-refractivity contribution in [3.8, 4) is 11.5 Å². The molecule has 1 heterocycles. The molecule has 3 amide bonds. The van der Waals surface area contributed by atoms with Crippen LogP contribution in [0.3, 0.4) is 0 Å². The number of nitrogens with zero attached hydrogens (tertiary/aromatic N) is 2. The monoisotopic (exact) mass is 452 g/mol. The molecular formula is C25H32N4O4. The van der Waals surface area contributed by atoms with Crippen molar-refractivity contribution in [2.75, 3.05) is 21.3 Å². The predicted octanol–water partition coefficient (Wildman–Crippen LogP) is 3.57. The van der Waals surface area contributed by atoms with E-state index < -0.39 is 0 Å². The van der Waals surface area contributed by atoms with Crippen LogP contribution in [0.1, 0.15) is 54.7 Å². The number of hydrogen-bond donors (Lipinski definition) is 2. The number of urea groups is 1. The minimum Gasteiger partial charge on any atom is -0.493 e. The molecule has 2 aromatic carbocycles. The first-order valence-electron chi connectivity index (χ1n) is 10.9. The summed E-state index contributed by atoms with van der Waals surface area (Å²) in [5, 5.41) is 11.8. The van der Waals surface area contributed by atoms with Crippen LogP contribution in [0.5, 0.6) is 11.5 Å². The first-order chi connectivity index (χ1) is 15.6. The third-order valence-corrected chi connectivity index (χ3v) is 5.34. The number of benzene rings is 2. The van der Waals surface area contributed by atoms with E-state index in [0.29, 0.717) is 29.2 Å². The number of amides is 3. The van der Waals surface area contributed by atoms with Gasteiger partial charge in [-0.1, -0.05) is 12.1 Å². The van der Waals surface area contributed by atoms with Gasteiger partial charge in [-0.2, -0.15) is 5.10 Å². The van der Waals surface area contributed by atoms with Crippen molar-refractivity contribution >= 4 is 17.6 Å². The van der Waals surface area contributed by atoms with Crippen molar-refractivity contribution in [2.45, 2.75) is 45.7 Å². The van der Waals surface area contributed by atoms with Crippen molar-refractivity contribution in [2.24, 2.45) is 5.10 Å². The van der Waals surface area contributed by atoms with Gasteiger partial charge in [-0.25, -0.2) is 9.80 Å². The van der Waals surface area contributed by atoms with Gasteiger partial charge in [-0.3, -0.25) is 4.79 Å². The number of ether oxygens (including phenoxy) is 2. The van der Waals surface area contributed by atoms with Crippen LogP contribution in [-0.2, 0) is 6.42 Å². The highest BCUT2D eigenvalue weighted by atomic mass is 16.5. The van der Waals surface area contributed by atoms with E-state index >= 15 is 0 Å². The summed E-state index contributed by atoms with van der Waals surface area (Å²) in [6.07, 6.45) is 0.585. The van der Waals surface area contributed by atoms with Crippen LogP contribution in [0.15, 0.2) is 41.5 Å². The topological polar surface area (TPSA) is 92.3 Å². The van der Waals surface area contributed by atoms with E-state index in [0.717, 1.165) is 16.7 Å². The fraction of sp³-hybridized carbons (Fsp3) is 0.400. The first kappa shape index (κ1) is 24.1. The molecule has 2 aromatic rings. The number of hydrogen-bond acceptors (Lipinski definition) is 5. The highest BCUT2D eigenvalue weighted by molar-refractivity contribution is 6.15. The highest BCUT2D eigenvalue weighted by Crippen LogP contribution is 2.34. The van der Waals surface area contributed by atoms with Crippen molar-refractivity contribution in [1.82, 2.24) is 15.6 Å². The Morgan fingerprint density at radius 2 is 1.67 bits per heavy atom. The summed E-state index contributed by atoms with van der Waals surface area (Å²) in [4.78, 5) is 25.1. The average molecular weight is 453 g/mol. The minimum absolute atomic E-state index is 0.149. The van der Waals surface area contributed by atoms with Gasteiger partial charge in [0.25, 0.3) is 5.91 Å². The van der Waals surface area contributed by atoms with Gasteiger partial charge in [0.2, 0.25) is 0 Å². The molecule has 0 spiro atoms. The number of fused-ring (bicyclic) bond motifs is 1. The molecule has 3 rings (SSSR count). The average Bonchev–Trinajstić information content (AvgIpc) is 2.92. The minimum atomic E-state index is -0.334. The lowest BCUT2D eigenvalue weighted by Gasteiger charge is -2.22. The van der Waals surface area contributed by atoms with Gasteiger partial charge in [0.1, 0.15) is 0 Å². The van der Waals surface area contributed by atoms with Crippen LogP contribution in [0, 0.1) is 0 Å². The smallest absolute Gasteiger partial charge is 0.337 e. The Morgan fingerprint density at radius 3 is 2.21 bits per heavy atom. The molecule has 0 saturated heterocycles. The van der Waals surface area contributed by atoms with Gasteiger partial charge in [-0.05, 0) is 63.9 Å². The van der Waals surface area contributed by atoms with Crippen LogP contribution >= 0.6 is 0 Å². The van der Waals surface area contributed by atoms with E-state index in [1.807, 2.05) is 52.0 Å². The molecule has 33 heavy (non-hydrogen) atoms. The molecule has 0 radical (unpaired) electrons. The van der Waals surface area contributed by atoms with Crippen LogP contribution in [0.4, 0.5) is 4.79 Å². The van der Waals surface area contributed by atoms with Gasteiger partial charge < -0.3 is 20.1 Å². The van der Waals surface area contributed by atoms with Crippen LogP contribution in [0.2, 0.25) is 0 Å². The van der Waals surface area contributed by atoms with E-state index in [4.69, 9.17) is 14.6 Å². The summed E-state index contributed by atoms with van der Waals surface area (Å²) in [5.74, 6) is 1.04. The van der Waals surface area contributed by atoms with Gasteiger partial charge in [0.05, 0.1) is 26.0 Å². The second-order valence-electron chi connectivity index (χ2n) is 9.05. The lowest BCUT2D eigenvalue weighted by atomic mass is 9.93. The predicted molar refractivity (Wildman–Crippen MR) is 128 cm³/mol. The Morgan fingerprint density at radius 1 is 1.06 bits per heavy atom. The normalized spacial score (nSPS) is 15.7. The summed E-state index contributed by atoms with van der Waals surface area (Å²) < 4.78 is 11.0. The lowest BCUT2D eigenvalue weighted by molar-refractivity contribution is 0.0919.